The highest BCUT2D eigenvalue weighted by Crippen LogP contribution is 2.51. The van der Waals surface area contributed by atoms with E-state index >= 15 is 0 Å². The zero-order valence-electron chi connectivity index (χ0n) is 8.04. The summed E-state index contributed by atoms with van der Waals surface area (Å²) in [6.45, 7) is 1.42. The van der Waals surface area contributed by atoms with Gasteiger partial charge in [0.15, 0.2) is 0 Å². The summed E-state index contributed by atoms with van der Waals surface area (Å²) in [5.74, 6) is 0. The predicted molar refractivity (Wildman–Crippen MR) is 47.5 cm³/mol. The SMILES string of the molecule is COC1(CC2(C=O)CC2)CCOC1. The van der Waals surface area contributed by atoms with Gasteiger partial charge in [-0.25, -0.2) is 0 Å². The summed E-state index contributed by atoms with van der Waals surface area (Å²) in [6.07, 6.45) is 4.94. The van der Waals surface area contributed by atoms with Crippen LogP contribution >= 0.6 is 0 Å². The van der Waals surface area contributed by atoms with Crippen molar-refractivity contribution < 1.29 is 14.3 Å². The van der Waals surface area contributed by atoms with Gasteiger partial charge in [0, 0.05) is 25.6 Å². The van der Waals surface area contributed by atoms with Gasteiger partial charge in [-0.2, -0.15) is 0 Å². The Kier molecular flexibility index (Phi) is 2.16. The Balaban J connectivity index is 2.01. The molecule has 3 nitrogen and oxygen atoms in total. The van der Waals surface area contributed by atoms with Gasteiger partial charge >= 0.3 is 0 Å². The molecule has 0 aromatic rings. The summed E-state index contributed by atoms with van der Waals surface area (Å²) >= 11 is 0. The maximum atomic E-state index is 10.8. The molecule has 0 aromatic carbocycles. The highest BCUT2D eigenvalue weighted by molar-refractivity contribution is 5.63. The summed E-state index contributed by atoms with van der Waals surface area (Å²) in [6, 6.07) is 0. The third kappa shape index (κ3) is 1.63. The van der Waals surface area contributed by atoms with E-state index in [2.05, 4.69) is 0 Å². The number of hydrogen-bond donors (Lipinski definition) is 0. The second-order valence-electron chi connectivity index (χ2n) is 4.35. The molecule has 0 N–H and O–H groups in total. The normalized spacial score (nSPS) is 36.1. The molecule has 1 saturated carbocycles. The average Bonchev–Trinajstić information content (AvgIpc) is 2.77. The Morgan fingerprint density at radius 2 is 2.23 bits per heavy atom. The molecule has 2 rings (SSSR count). The fraction of sp³-hybridized carbons (Fsp3) is 0.900. The number of hydrogen-bond acceptors (Lipinski definition) is 3. The van der Waals surface area contributed by atoms with Crippen LogP contribution in [-0.4, -0.2) is 32.2 Å². The van der Waals surface area contributed by atoms with Crippen LogP contribution in [0.2, 0.25) is 0 Å². The van der Waals surface area contributed by atoms with Crippen LogP contribution in [0.25, 0.3) is 0 Å². The van der Waals surface area contributed by atoms with E-state index in [0.717, 1.165) is 38.6 Å². The molecule has 1 aliphatic heterocycles. The summed E-state index contributed by atoms with van der Waals surface area (Å²) in [4.78, 5) is 10.8. The number of methoxy groups -OCH3 is 1. The topological polar surface area (TPSA) is 35.5 Å². The summed E-state index contributed by atoms with van der Waals surface area (Å²) < 4.78 is 10.8. The van der Waals surface area contributed by atoms with E-state index in [9.17, 15) is 4.79 Å². The van der Waals surface area contributed by atoms with Crippen LogP contribution in [0, 0.1) is 5.41 Å². The van der Waals surface area contributed by atoms with Crippen LogP contribution in [0.5, 0.6) is 0 Å². The molecule has 2 fully saturated rings. The van der Waals surface area contributed by atoms with Gasteiger partial charge in [0.05, 0.1) is 12.2 Å². The van der Waals surface area contributed by atoms with Crippen LogP contribution in [0.4, 0.5) is 0 Å². The predicted octanol–water partition coefficient (Wildman–Crippen LogP) is 1.16. The van der Waals surface area contributed by atoms with Crippen molar-refractivity contribution in [2.75, 3.05) is 20.3 Å². The number of carbonyl (C=O) groups is 1. The molecule has 1 unspecified atom stereocenters. The minimum atomic E-state index is -0.169. The first-order chi connectivity index (χ1) is 6.24. The Morgan fingerprint density at radius 3 is 2.62 bits per heavy atom. The third-order valence-electron chi connectivity index (χ3n) is 3.32. The van der Waals surface area contributed by atoms with E-state index in [1.54, 1.807) is 7.11 Å². The largest absolute Gasteiger partial charge is 0.378 e. The zero-order chi connectivity index (χ0) is 9.36. The number of aldehydes is 1. The maximum absolute atomic E-state index is 10.8. The second kappa shape index (κ2) is 3.07. The molecule has 1 atom stereocenters. The lowest BCUT2D eigenvalue weighted by Crippen LogP contribution is -2.35. The lowest BCUT2D eigenvalue weighted by Gasteiger charge is -2.28. The van der Waals surface area contributed by atoms with Crippen molar-refractivity contribution in [3.05, 3.63) is 0 Å². The van der Waals surface area contributed by atoms with Gasteiger partial charge in [-0.3, -0.25) is 0 Å². The summed E-state index contributed by atoms with van der Waals surface area (Å²) in [7, 11) is 1.72. The van der Waals surface area contributed by atoms with Gasteiger partial charge in [-0.1, -0.05) is 0 Å². The maximum Gasteiger partial charge on any atom is 0.126 e. The second-order valence-corrected chi connectivity index (χ2v) is 4.35. The van der Waals surface area contributed by atoms with Crippen molar-refractivity contribution in [3.8, 4) is 0 Å². The average molecular weight is 184 g/mol. The molecule has 1 aliphatic carbocycles. The van der Waals surface area contributed by atoms with E-state index < -0.39 is 0 Å². The molecule has 0 aromatic heterocycles. The number of carbonyl (C=O) groups excluding carboxylic acids is 1. The third-order valence-corrected chi connectivity index (χ3v) is 3.32. The molecule has 13 heavy (non-hydrogen) atoms. The zero-order valence-corrected chi connectivity index (χ0v) is 8.04. The van der Waals surface area contributed by atoms with E-state index in [1.807, 2.05) is 0 Å². The van der Waals surface area contributed by atoms with E-state index in [1.165, 1.54) is 0 Å². The van der Waals surface area contributed by atoms with E-state index in [0.29, 0.717) is 6.61 Å². The first-order valence-electron chi connectivity index (χ1n) is 4.84. The van der Waals surface area contributed by atoms with Crippen molar-refractivity contribution in [3.63, 3.8) is 0 Å². The molecular weight excluding hydrogens is 168 g/mol. The van der Waals surface area contributed by atoms with Crippen molar-refractivity contribution >= 4 is 6.29 Å². The van der Waals surface area contributed by atoms with Gasteiger partial charge in [0.2, 0.25) is 0 Å². The van der Waals surface area contributed by atoms with Gasteiger partial charge in [0.1, 0.15) is 6.29 Å². The standard InChI is InChI=1S/C10H16O3/c1-12-10(4-5-13-8-10)6-9(7-11)2-3-9/h7H,2-6,8H2,1H3. The van der Waals surface area contributed by atoms with Crippen molar-refractivity contribution in [2.24, 2.45) is 5.41 Å². The van der Waals surface area contributed by atoms with E-state index in [-0.39, 0.29) is 11.0 Å². The first kappa shape index (κ1) is 9.16. The minimum Gasteiger partial charge on any atom is -0.378 e. The smallest absolute Gasteiger partial charge is 0.126 e. The molecule has 1 heterocycles. The molecule has 0 amide bonds. The van der Waals surface area contributed by atoms with Crippen LogP contribution in [-0.2, 0) is 14.3 Å². The quantitative estimate of drug-likeness (QED) is 0.615. The van der Waals surface area contributed by atoms with Gasteiger partial charge in [-0.15, -0.1) is 0 Å². The van der Waals surface area contributed by atoms with Gasteiger partial charge < -0.3 is 14.3 Å². The fourth-order valence-electron chi connectivity index (χ4n) is 2.10. The molecule has 2 aliphatic rings. The minimum absolute atomic E-state index is 0.0658. The highest BCUT2D eigenvalue weighted by atomic mass is 16.5. The molecule has 1 saturated heterocycles. The van der Waals surface area contributed by atoms with Crippen molar-refractivity contribution in [1.82, 2.24) is 0 Å². The fourth-order valence-corrected chi connectivity index (χ4v) is 2.10. The molecule has 0 bridgehead atoms. The molecular formula is C10H16O3. The lowest BCUT2D eigenvalue weighted by atomic mass is 9.88. The van der Waals surface area contributed by atoms with Gasteiger partial charge in [0.25, 0.3) is 0 Å². The monoisotopic (exact) mass is 184 g/mol. The van der Waals surface area contributed by atoms with Crippen LogP contribution in [0.1, 0.15) is 25.7 Å². The van der Waals surface area contributed by atoms with Crippen LogP contribution < -0.4 is 0 Å². The van der Waals surface area contributed by atoms with E-state index in [4.69, 9.17) is 9.47 Å². The Bertz CT molecular complexity index is 202. The number of rotatable bonds is 4. The first-order valence-corrected chi connectivity index (χ1v) is 4.84. The van der Waals surface area contributed by atoms with Gasteiger partial charge in [-0.05, 0) is 19.3 Å². The van der Waals surface area contributed by atoms with Crippen LogP contribution in [0.3, 0.4) is 0 Å². The summed E-state index contributed by atoms with van der Waals surface area (Å²) in [5, 5.41) is 0. The Labute approximate surface area is 78.4 Å². The Morgan fingerprint density at radius 1 is 1.46 bits per heavy atom. The lowest BCUT2D eigenvalue weighted by molar-refractivity contribution is -0.115. The molecule has 0 spiro atoms. The van der Waals surface area contributed by atoms with Crippen LogP contribution in [0.15, 0.2) is 0 Å². The highest BCUT2D eigenvalue weighted by Gasteiger charge is 2.50. The Hall–Kier alpha value is -0.410. The molecule has 0 radical (unpaired) electrons. The van der Waals surface area contributed by atoms with Crippen molar-refractivity contribution in [2.45, 2.75) is 31.3 Å². The molecule has 74 valence electrons. The van der Waals surface area contributed by atoms with Crippen molar-refractivity contribution in [1.29, 1.82) is 0 Å². The molecule has 3 heteroatoms. The number of ether oxygens (including phenoxy) is 2. The summed E-state index contributed by atoms with van der Waals surface area (Å²) in [5.41, 5.74) is -0.235.